The second-order valence-electron chi connectivity index (χ2n) is 6.21. The molecule has 0 aliphatic carbocycles. The van der Waals surface area contributed by atoms with Crippen LogP contribution in [0.25, 0.3) is 27.5 Å². The van der Waals surface area contributed by atoms with E-state index >= 15 is 0 Å². The zero-order chi connectivity index (χ0) is 20.4. The summed E-state index contributed by atoms with van der Waals surface area (Å²) in [5, 5.41) is 20.2. The highest BCUT2D eigenvalue weighted by Crippen LogP contribution is 2.20. The zero-order valence-electron chi connectivity index (χ0n) is 15.0. The number of hydrogen-bond acceptors (Lipinski definition) is 6. The Morgan fingerprint density at radius 3 is 2.59 bits per heavy atom. The second kappa shape index (κ2) is 7.32. The molecule has 2 aromatic carbocycles. The van der Waals surface area contributed by atoms with Crippen LogP contribution in [-0.4, -0.2) is 32.6 Å². The largest absolute Gasteiger partial charge is 0.507 e. The average molecular weight is 386 g/mol. The van der Waals surface area contributed by atoms with Gasteiger partial charge in [-0.1, -0.05) is 30.3 Å². The summed E-state index contributed by atoms with van der Waals surface area (Å²) in [5.41, 5.74) is 1.32. The van der Waals surface area contributed by atoms with Gasteiger partial charge in [-0.2, -0.15) is 5.26 Å². The maximum Gasteiger partial charge on any atom is 0.339 e. The number of benzene rings is 2. The minimum atomic E-state index is -0.791. The van der Waals surface area contributed by atoms with E-state index < -0.39 is 23.9 Å². The molecule has 4 rings (SSSR count). The van der Waals surface area contributed by atoms with Crippen molar-refractivity contribution in [3.8, 4) is 6.07 Å². The van der Waals surface area contributed by atoms with Gasteiger partial charge < -0.3 is 19.8 Å². The van der Waals surface area contributed by atoms with Crippen molar-refractivity contribution in [1.29, 1.82) is 5.26 Å². The molecule has 2 heterocycles. The van der Waals surface area contributed by atoms with E-state index in [1.807, 2.05) is 12.1 Å². The molecule has 0 atom stereocenters. The lowest BCUT2D eigenvalue weighted by Gasteiger charge is -2.07. The van der Waals surface area contributed by atoms with Crippen molar-refractivity contribution in [1.82, 2.24) is 15.0 Å². The summed E-state index contributed by atoms with van der Waals surface area (Å²) in [5.74, 6) is -1.07. The standard InChI is InChI=1S/C21H14N4O4/c22-10-14(20-24-16-7-3-4-8-17(16)25-20)18(26)11-29-21(28)13-9-19(27)23-15-6-2-1-5-12(13)15/h1-9,26H,11H2,(H,23,27)(H,24,25). The number of aromatic nitrogens is 3. The molecule has 8 nitrogen and oxygen atoms in total. The molecule has 2 aromatic heterocycles. The number of imidazole rings is 1. The second-order valence-corrected chi connectivity index (χ2v) is 6.21. The number of nitrogens with zero attached hydrogens (tertiary/aromatic N) is 2. The molecule has 0 amide bonds. The van der Waals surface area contributed by atoms with Crippen molar-refractivity contribution >= 4 is 33.5 Å². The van der Waals surface area contributed by atoms with Crippen LogP contribution >= 0.6 is 0 Å². The quantitative estimate of drug-likeness (QED) is 0.281. The first-order valence-electron chi connectivity index (χ1n) is 8.63. The van der Waals surface area contributed by atoms with Gasteiger partial charge in [0.05, 0.1) is 16.6 Å². The summed E-state index contributed by atoms with van der Waals surface area (Å²) in [7, 11) is 0. The van der Waals surface area contributed by atoms with Crippen LogP contribution in [0.15, 0.2) is 65.2 Å². The first-order chi connectivity index (χ1) is 14.1. The van der Waals surface area contributed by atoms with E-state index in [0.29, 0.717) is 21.9 Å². The van der Waals surface area contributed by atoms with Crippen LogP contribution in [0.3, 0.4) is 0 Å². The highest BCUT2D eigenvalue weighted by Gasteiger charge is 2.17. The number of ether oxygens (including phenoxy) is 1. The van der Waals surface area contributed by atoms with E-state index in [1.165, 1.54) is 0 Å². The van der Waals surface area contributed by atoms with Crippen LogP contribution in [0.5, 0.6) is 0 Å². The van der Waals surface area contributed by atoms with Gasteiger partial charge in [-0.05, 0) is 18.2 Å². The summed E-state index contributed by atoms with van der Waals surface area (Å²) in [6.07, 6.45) is 0. The van der Waals surface area contributed by atoms with Gasteiger partial charge in [0.15, 0.2) is 11.6 Å². The minimum absolute atomic E-state index is 0.0689. The van der Waals surface area contributed by atoms with E-state index in [4.69, 9.17) is 4.74 Å². The first-order valence-corrected chi connectivity index (χ1v) is 8.63. The predicted molar refractivity (Wildman–Crippen MR) is 106 cm³/mol. The van der Waals surface area contributed by atoms with Crippen molar-refractivity contribution in [2.24, 2.45) is 0 Å². The summed E-state index contributed by atoms with van der Waals surface area (Å²) in [4.78, 5) is 34.1. The lowest BCUT2D eigenvalue weighted by Crippen LogP contribution is -2.14. The summed E-state index contributed by atoms with van der Waals surface area (Å²) >= 11 is 0. The number of allylic oxidation sites excluding steroid dienone is 1. The Labute approximate surface area is 163 Å². The zero-order valence-corrected chi connectivity index (χ0v) is 15.0. The molecule has 0 saturated carbocycles. The van der Waals surface area contributed by atoms with Crippen molar-refractivity contribution in [2.75, 3.05) is 6.61 Å². The Kier molecular flexibility index (Phi) is 4.55. The normalized spacial score (nSPS) is 11.8. The van der Waals surface area contributed by atoms with Gasteiger partial charge >= 0.3 is 5.97 Å². The van der Waals surface area contributed by atoms with Crippen molar-refractivity contribution in [3.05, 3.63) is 82.1 Å². The molecule has 4 aromatic rings. The third-order valence-electron chi connectivity index (χ3n) is 4.34. The number of para-hydroxylation sites is 3. The lowest BCUT2D eigenvalue weighted by molar-refractivity contribution is 0.0505. The maximum atomic E-state index is 12.5. The Balaban J connectivity index is 1.61. The third kappa shape index (κ3) is 3.44. The molecule has 29 heavy (non-hydrogen) atoms. The van der Waals surface area contributed by atoms with Crippen molar-refractivity contribution in [3.63, 3.8) is 0 Å². The topological polar surface area (TPSA) is 132 Å². The van der Waals surface area contributed by atoms with Crippen LogP contribution in [0, 0.1) is 11.3 Å². The molecule has 3 N–H and O–H groups in total. The molecule has 0 aliphatic heterocycles. The predicted octanol–water partition coefficient (Wildman–Crippen LogP) is 3.05. The fourth-order valence-electron chi connectivity index (χ4n) is 2.98. The van der Waals surface area contributed by atoms with Crippen LogP contribution in [-0.2, 0) is 4.74 Å². The van der Waals surface area contributed by atoms with Gasteiger partial charge in [0.1, 0.15) is 18.2 Å². The van der Waals surface area contributed by atoms with Gasteiger partial charge in [0.25, 0.3) is 0 Å². The first kappa shape index (κ1) is 18.0. The van der Waals surface area contributed by atoms with Gasteiger partial charge in [-0.15, -0.1) is 0 Å². The van der Waals surface area contributed by atoms with Gasteiger partial charge in [-0.25, -0.2) is 9.78 Å². The molecule has 0 spiro atoms. The maximum absolute atomic E-state index is 12.5. The van der Waals surface area contributed by atoms with Gasteiger partial charge in [0.2, 0.25) is 5.56 Å². The number of rotatable bonds is 4. The van der Waals surface area contributed by atoms with Crippen molar-refractivity contribution in [2.45, 2.75) is 0 Å². The number of esters is 1. The number of fused-ring (bicyclic) bond motifs is 2. The Morgan fingerprint density at radius 2 is 1.83 bits per heavy atom. The number of carbonyl (C=O) groups is 1. The summed E-state index contributed by atoms with van der Waals surface area (Å²) < 4.78 is 5.14. The summed E-state index contributed by atoms with van der Waals surface area (Å²) in [6, 6.07) is 17.0. The van der Waals surface area contributed by atoms with E-state index in [0.717, 1.165) is 6.07 Å². The molecule has 0 fully saturated rings. The SMILES string of the molecule is N#CC(=C(O)COC(=O)c1cc(=O)[nH]c2ccccc12)c1nc2ccccc2[nH]1. The van der Waals surface area contributed by atoms with Crippen LogP contribution in [0.2, 0.25) is 0 Å². The van der Waals surface area contributed by atoms with E-state index in [-0.39, 0.29) is 17.0 Å². The van der Waals surface area contributed by atoms with E-state index in [9.17, 15) is 20.0 Å². The number of pyridine rings is 1. The molecular formula is C21H14N4O4. The monoisotopic (exact) mass is 386 g/mol. The van der Waals surface area contributed by atoms with Gasteiger partial charge in [-0.3, -0.25) is 4.79 Å². The number of aliphatic hydroxyl groups is 1. The van der Waals surface area contributed by atoms with Crippen LogP contribution in [0.4, 0.5) is 0 Å². The molecule has 142 valence electrons. The number of aromatic amines is 2. The molecule has 0 saturated heterocycles. The number of aliphatic hydroxyl groups excluding tert-OH is 1. The fraction of sp³-hybridized carbons (Fsp3) is 0.0476. The van der Waals surface area contributed by atoms with E-state index in [2.05, 4.69) is 15.0 Å². The molecular weight excluding hydrogens is 372 g/mol. The number of nitriles is 1. The number of hydrogen-bond donors (Lipinski definition) is 3. The molecule has 8 heteroatoms. The molecule has 0 unspecified atom stereocenters. The molecule has 0 aliphatic rings. The molecule has 0 bridgehead atoms. The Morgan fingerprint density at radius 1 is 1.10 bits per heavy atom. The van der Waals surface area contributed by atoms with Crippen LogP contribution in [0.1, 0.15) is 16.2 Å². The fourth-order valence-corrected chi connectivity index (χ4v) is 2.98. The van der Waals surface area contributed by atoms with Gasteiger partial charge in [0, 0.05) is 17.0 Å². The smallest absolute Gasteiger partial charge is 0.339 e. The summed E-state index contributed by atoms with van der Waals surface area (Å²) in [6.45, 7) is -0.542. The average Bonchev–Trinajstić information content (AvgIpc) is 3.15. The molecule has 0 radical (unpaired) electrons. The highest BCUT2D eigenvalue weighted by molar-refractivity contribution is 6.03. The number of nitrogens with one attached hydrogen (secondary N) is 2. The van der Waals surface area contributed by atoms with Crippen molar-refractivity contribution < 1.29 is 14.6 Å². The minimum Gasteiger partial charge on any atom is -0.507 e. The lowest BCUT2D eigenvalue weighted by atomic mass is 10.1. The third-order valence-corrected chi connectivity index (χ3v) is 4.34. The van der Waals surface area contributed by atoms with Crippen LogP contribution < -0.4 is 5.56 Å². The highest BCUT2D eigenvalue weighted by atomic mass is 16.5. The Bertz CT molecular complexity index is 1340. The van der Waals surface area contributed by atoms with E-state index in [1.54, 1.807) is 42.5 Å². The number of carbonyl (C=O) groups excluding carboxylic acids is 1. The number of H-pyrrole nitrogens is 2. The Hall–Kier alpha value is -4.38.